The first kappa shape index (κ1) is 14.7. The van der Waals surface area contributed by atoms with Gasteiger partial charge in [-0.05, 0) is 37.9 Å². The van der Waals surface area contributed by atoms with Crippen LogP contribution in [0.2, 0.25) is 5.02 Å². The number of rotatable bonds is 3. The molecule has 0 N–H and O–H groups in total. The van der Waals surface area contributed by atoms with Crippen LogP contribution < -0.4 is 9.47 Å². The van der Waals surface area contributed by atoms with Crippen LogP contribution in [0.1, 0.15) is 30.1 Å². The van der Waals surface area contributed by atoms with E-state index in [2.05, 4.69) is 11.8 Å². The van der Waals surface area contributed by atoms with E-state index in [0.717, 1.165) is 31.8 Å². The molecule has 114 valence electrons. The van der Waals surface area contributed by atoms with Crippen LogP contribution in [0.4, 0.5) is 0 Å². The maximum absolute atomic E-state index is 12.5. The molecular formula is C16H20ClNO3. The lowest BCUT2D eigenvalue weighted by Crippen LogP contribution is -2.36. The van der Waals surface area contributed by atoms with Crippen LogP contribution >= 0.6 is 11.6 Å². The Morgan fingerprint density at radius 1 is 1.24 bits per heavy atom. The van der Waals surface area contributed by atoms with E-state index in [0.29, 0.717) is 41.8 Å². The van der Waals surface area contributed by atoms with Gasteiger partial charge in [-0.2, -0.15) is 0 Å². The van der Waals surface area contributed by atoms with Gasteiger partial charge in [0.25, 0.3) is 0 Å². The number of nitrogens with zero attached hydrogens (tertiary/aromatic N) is 1. The fraction of sp³-hybridized carbons (Fsp3) is 0.562. The molecule has 2 aliphatic heterocycles. The number of likely N-dealkylation sites (tertiary alicyclic amines) is 1. The van der Waals surface area contributed by atoms with E-state index in [1.54, 1.807) is 12.1 Å². The van der Waals surface area contributed by atoms with Crippen LogP contribution in [0.25, 0.3) is 0 Å². The van der Waals surface area contributed by atoms with E-state index in [4.69, 9.17) is 21.1 Å². The molecule has 0 saturated carbocycles. The summed E-state index contributed by atoms with van der Waals surface area (Å²) in [7, 11) is 0. The molecule has 2 aliphatic rings. The molecule has 3 rings (SSSR count). The average Bonchev–Trinajstić information content (AvgIpc) is 2.49. The highest BCUT2D eigenvalue weighted by molar-refractivity contribution is 6.34. The molecule has 0 unspecified atom stereocenters. The van der Waals surface area contributed by atoms with Crippen LogP contribution in [0.5, 0.6) is 11.5 Å². The van der Waals surface area contributed by atoms with Gasteiger partial charge in [-0.3, -0.25) is 9.69 Å². The predicted octanol–water partition coefficient (Wildman–Crippen LogP) is 3.03. The molecule has 1 aromatic carbocycles. The van der Waals surface area contributed by atoms with Crippen molar-refractivity contribution >= 4 is 17.4 Å². The van der Waals surface area contributed by atoms with Crippen molar-refractivity contribution in [3.8, 4) is 11.5 Å². The van der Waals surface area contributed by atoms with Crippen LogP contribution in [0.15, 0.2) is 12.1 Å². The third-order valence-corrected chi connectivity index (χ3v) is 4.49. The van der Waals surface area contributed by atoms with Crippen LogP contribution in [-0.4, -0.2) is 43.5 Å². The lowest BCUT2D eigenvalue weighted by Gasteiger charge is -2.29. The standard InChI is InChI=1S/C16H20ClNO3/c1-11-2-4-18(5-3-11)10-14(19)12-8-15-16(9-13(12)17)21-7-6-20-15/h8-9,11H,2-7,10H2,1H3. The van der Waals surface area contributed by atoms with Gasteiger partial charge in [0.15, 0.2) is 17.3 Å². The Labute approximate surface area is 130 Å². The number of carbonyl (C=O) groups excluding carboxylic acids is 1. The van der Waals surface area contributed by atoms with Crippen molar-refractivity contribution in [1.29, 1.82) is 0 Å². The Hall–Kier alpha value is -1.26. The van der Waals surface area contributed by atoms with Gasteiger partial charge in [-0.1, -0.05) is 18.5 Å². The molecule has 4 nitrogen and oxygen atoms in total. The normalized spacial score (nSPS) is 19.5. The van der Waals surface area contributed by atoms with E-state index in [-0.39, 0.29) is 5.78 Å². The second-order valence-corrected chi connectivity index (χ2v) is 6.26. The molecule has 0 spiro atoms. The fourth-order valence-corrected chi connectivity index (χ4v) is 3.05. The number of hydrogen-bond acceptors (Lipinski definition) is 4. The van der Waals surface area contributed by atoms with Crippen molar-refractivity contribution in [3.05, 3.63) is 22.7 Å². The maximum Gasteiger partial charge on any atom is 0.178 e. The molecular weight excluding hydrogens is 290 g/mol. The second kappa shape index (κ2) is 6.24. The number of hydrogen-bond donors (Lipinski definition) is 0. The summed E-state index contributed by atoms with van der Waals surface area (Å²) in [5, 5.41) is 0.439. The molecule has 1 saturated heterocycles. The number of fused-ring (bicyclic) bond motifs is 1. The van der Waals surface area contributed by atoms with E-state index in [1.807, 2.05) is 0 Å². The van der Waals surface area contributed by atoms with Crippen molar-refractivity contribution in [2.45, 2.75) is 19.8 Å². The van der Waals surface area contributed by atoms with Crippen LogP contribution in [0, 0.1) is 5.92 Å². The number of benzene rings is 1. The Bertz CT molecular complexity index is 539. The van der Waals surface area contributed by atoms with Gasteiger partial charge >= 0.3 is 0 Å². The molecule has 0 amide bonds. The molecule has 2 heterocycles. The molecule has 5 heteroatoms. The van der Waals surface area contributed by atoms with E-state index >= 15 is 0 Å². The average molecular weight is 310 g/mol. The molecule has 1 aromatic rings. The molecule has 0 radical (unpaired) electrons. The smallest absolute Gasteiger partial charge is 0.178 e. The lowest BCUT2D eigenvalue weighted by atomic mass is 9.98. The van der Waals surface area contributed by atoms with Crippen molar-refractivity contribution in [2.24, 2.45) is 5.92 Å². The highest BCUT2D eigenvalue weighted by Gasteiger charge is 2.22. The van der Waals surface area contributed by atoms with E-state index < -0.39 is 0 Å². The summed E-state index contributed by atoms with van der Waals surface area (Å²) in [6.07, 6.45) is 2.31. The highest BCUT2D eigenvalue weighted by Crippen LogP contribution is 2.35. The van der Waals surface area contributed by atoms with E-state index in [9.17, 15) is 4.79 Å². The van der Waals surface area contributed by atoms with Crippen LogP contribution in [0.3, 0.4) is 0 Å². The van der Waals surface area contributed by atoms with Gasteiger partial charge in [0.1, 0.15) is 13.2 Å². The van der Waals surface area contributed by atoms with Gasteiger partial charge in [0.05, 0.1) is 11.6 Å². The number of halogens is 1. The summed E-state index contributed by atoms with van der Waals surface area (Å²) in [5.41, 5.74) is 0.527. The lowest BCUT2D eigenvalue weighted by molar-refractivity contribution is 0.0899. The van der Waals surface area contributed by atoms with Gasteiger partial charge in [0.2, 0.25) is 0 Å². The van der Waals surface area contributed by atoms with Crippen molar-refractivity contribution in [2.75, 3.05) is 32.8 Å². The number of ether oxygens (including phenoxy) is 2. The predicted molar refractivity (Wildman–Crippen MR) is 81.6 cm³/mol. The third-order valence-electron chi connectivity index (χ3n) is 4.18. The van der Waals surface area contributed by atoms with Crippen LogP contribution in [-0.2, 0) is 0 Å². The van der Waals surface area contributed by atoms with Gasteiger partial charge in [0, 0.05) is 11.6 Å². The zero-order chi connectivity index (χ0) is 14.8. The Morgan fingerprint density at radius 3 is 2.52 bits per heavy atom. The Kier molecular flexibility index (Phi) is 4.36. The summed E-state index contributed by atoms with van der Waals surface area (Å²) >= 11 is 6.22. The minimum absolute atomic E-state index is 0.0477. The molecule has 0 atom stereocenters. The molecule has 1 fully saturated rings. The minimum atomic E-state index is 0.0477. The largest absolute Gasteiger partial charge is 0.486 e. The minimum Gasteiger partial charge on any atom is -0.486 e. The first-order chi connectivity index (χ1) is 10.1. The number of carbonyl (C=O) groups is 1. The van der Waals surface area contributed by atoms with Crippen molar-refractivity contribution in [3.63, 3.8) is 0 Å². The first-order valence-corrected chi connectivity index (χ1v) is 7.86. The van der Waals surface area contributed by atoms with Gasteiger partial charge < -0.3 is 9.47 Å². The number of ketones is 1. The summed E-state index contributed by atoms with van der Waals surface area (Å²) in [6.45, 7) is 5.67. The number of piperidine rings is 1. The first-order valence-electron chi connectivity index (χ1n) is 7.48. The Balaban J connectivity index is 1.72. The molecule has 0 aromatic heterocycles. The SMILES string of the molecule is CC1CCN(CC(=O)c2cc3c(cc2Cl)OCCO3)CC1. The molecule has 0 bridgehead atoms. The Morgan fingerprint density at radius 2 is 1.86 bits per heavy atom. The van der Waals surface area contributed by atoms with Gasteiger partial charge in [-0.15, -0.1) is 0 Å². The fourth-order valence-electron chi connectivity index (χ4n) is 2.79. The zero-order valence-corrected chi connectivity index (χ0v) is 13.0. The number of Topliss-reactive ketones (excluding diaryl/α,β-unsaturated/α-hetero) is 1. The van der Waals surface area contributed by atoms with Crippen molar-refractivity contribution < 1.29 is 14.3 Å². The van der Waals surface area contributed by atoms with Gasteiger partial charge in [-0.25, -0.2) is 0 Å². The third kappa shape index (κ3) is 3.33. The second-order valence-electron chi connectivity index (χ2n) is 5.86. The maximum atomic E-state index is 12.5. The van der Waals surface area contributed by atoms with E-state index in [1.165, 1.54) is 0 Å². The summed E-state index contributed by atoms with van der Waals surface area (Å²) in [5.74, 6) is 2.04. The van der Waals surface area contributed by atoms with Crippen molar-refractivity contribution in [1.82, 2.24) is 4.90 Å². The highest BCUT2D eigenvalue weighted by atomic mass is 35.5. The summed E-state index contributed by atoms with van der Waals surface area (Å²) in [4.78, 5) is 14.7. The monoisotopic (exact) mass is 309 g/mol. The zero-order valence-electron chi connectivity index (χ0n) is 12.2. The molecule has 21 heavy (non-hydrogen) atoms. The molecule has 0 aliphatic carbocycles. The quantitative estimate of drug-likeness (QED) is 0.805. The summed E-state index contributed by atoms with van der Waals surface area (Å²) in [6, 6.07) is 3.40. The topological polar surface area (TPSA) is 38.8 Å². The summed E-state index contributed by atoms with van der Waals surface area (Å²) < 4.78 is 11.0.